The molecule has 2 fully saturated rings. The number of rotatable bonds is 3. The second-order valence-electron chi connectivity index (χ2n) is 6.01. The highest BCUT2D eigenvalue weighted by molar-refractivity contribution is 5.69. The van der Waals surface area contributed by atoms with Crippen molar-refractivity contribution in [2.24, 2.45) is 0 Å². The van der Waals surface area contributed by atoms with Gasteiger partial charge in [0, 0.05) is 12.0 Å². The van der Waals surface area contributed by atoms with Crippen molar-refractivity contribution in [2.45, 2.75) is 24.7 Å². The zero-order chi connectivity index (χ0) is 16.5. The number of hydrogen-bond donors (Lipinski definition) is 2. The molecule has 2 saturated heterocycles. The third kappa shape index (κ3) is 2.85. The molecule has 1 amide bonds. The molecule has 0 radical (unpaired) electrons. The molecule has 0 aliphatic carbocycles. The average Bonchev–Trinajstić information content (AvgIpc) is 3.18. The molecule has 4 rings (SSSR count). The van der Waals surface area contributed by atoms with Gasteiger partial charge in [0.2, 0.25) is 0 Å². The normalized spacial score (nSPS) is 24.0. The van der Waals surface area contributed by atoms with E-state index in [1.54, 1.807) is 0 Å². The number of β-amino-alcohol motifs (C(OH)–C–C–N with tert-alkyl or cyclic N) is 1. The summed E-state index contributed by atoms with van der Waals surface area (Å²) in [5.74, 6) is 1.11. The van der Waals surface area contributed by atoms with Crippen LogP contribution in [0.1, 0.15) is 18.3 Å². The molecule has 2 aliphatic rings. The van der Waals surface area contributed by atoms with E-state index in [2.05, 4.69) is 15.2 Å². The quantitative estimate of drug-likeness (QED) is 0.874. The number of ether oxygens (including phenoxy) is 2. The summed E-state index contributed by atoms with van der Waals surface area (Å²) in [7, 11) is 0. The predicted octanol–water partition coefficient (Wildman–Crippen LogP) is 1.11. The first kappa shape index (κ1) is 15.1. The minimum absolute atomic E-state index is 0.203. The van der Waals surface area contributed by atoms with Gasteiger partial charge in [0.15, 0.2) is 11.9 Å². The Balaban J connectivity index is 1.53. The molecule has 2 aliphatic heterocycles. The largest absolute Gasteiger partial charge is 0.441 e. The van der Waals surface area contributed by atoms with E-state index in [0.717, 1.165) is 5.56 Å². The highest BCUT2D eigenvalue weighted by Crippen LogP contribution is 2.32. The Bertz CT molecular complexity index is 716. The van der Waals surface area contributed by atoms with Gasteiger partial charge in [0.05, 0.1) is 31.9 Å². The van der Waals surface area contributed by atoms with Crippen LogP contribution < -0.4 is 0 Å². The first-order valence-electron chi connectivity index (χ1n) is 7.91. The lowest BCUT2D eigenvalue weighted by Gasteiger charge is -2.29. The maximum atomic E-state index is 12.3. The number of amides is 1. The molecule has 2 aromatic rings. The molecular weight excluding hydrogens is 312 g/mol. The summed E-state index contributed by atoms with van der Waals surface area (Å²) >= 11 is 0. The van der Waals surface area contributed by atoms with Crippen LogP contribution in [-0.4, -0.2) is 63.2 Å². The van der Waals surface area contributed by atoms with Gasteiger partial charge in [-0.3, -0.25) is 10.00 Å². The number of H-pyrrole nitrogens is 1. The molecule has 24 heavy (non-hydrogen) atoms. The Morgan fingerprint density at radius 1 is 1.33 bits per heavy atom. The molecule has 1 aromatic heterocycles. The van der Waals surface area contributed by atoms with Crippen molar-refractivity contribution in [3.63, 3.8) is 0 Å². The van der Waals surface area contributed by atoms with Crippen LogP contribution in [0, 0.1) is 0 Å². The second kappa shape index (κ2) is 6.21. The Hall–Kier alpha value is -2.45. The molecule has 0 spiro atoms. The lowest BCUT2D eigenvalue weighted by molar-refractivity contribution is -0.105. The Morgan fingerprint density at radius 3 is 2.83 bits per heavy atom. The fourth-order valence-corrected chi connectivity index (χ4v) is 2.91. The fourth-order valence-electron chi connectivity index (χ4n) is 2.91. The fraction of sp³-hybridized carbons (Fsp3) is 0.438. The van der Waals surface area contributed by atoms with Crippen LogP contribution in [0.25, 0.3) is 11.4 Å². The SMILES string of the molecule is O=C(OC1COC1)N1C[C@H](O)C[C@H]1c1nc(-c2ccccc2)n[nH]1. The summed E-state index contributed by atoms with van der Waals surface area (Å²) in [6.45, 7) is 1.07. The molecule has 0 unspecified atom stereocenters. The van der Waals surface area contributed by atoms with Crippen LogP contribution in [0.5, 0.6) is 0 Å². The zero-order valence-electron chi connectivity index (χ0n) is 13.0. The lowest BCUT2D eigenvalue weighted by Crippen LogP contribution is -2.42. The van der Waals surface area contributed by atoms with E-state index in [4.69, 9.17) is 9.47 Å². The molecular formula is C16H18N4O4. The number of aromatic amines is 1. The van der Waals surface area contributed by atoms with Crippen LogP contribution >= 0.6 is 0 Å². The maximum absolute atomic E-state index is 12.3. The minimum Gasteiger partial charge on any atom is -0.441 e. The van der Waals surface area contributed by atoms with E-state index in [1.165, 1.54) is 4.90 Å². The number of hydrogen-bond acceptors (Lipinski definition) is 6. The van der Waals surface area contributed by atoms with Gasteiger partial charge in [-0.1, -0.05) is 30.3 Å². The van der Waals surface area contributed by atoms with Gasteiger partial charge in [-0.2, -0.15) is 5.10 Å². The van der Waals surface area contributed by atoms with E-state index in [0.29, 0.717) is 31.3 Å². The monoisotopic (exact) mass is 330 g/mol. The minimum atomic E-state index is -0.606. The van der Waals surface area contributed by atoms with Crippen LogP contribution in [0.15, 0.2) is 30.3 Å². The van der Waals surface area contributed by atoms with Crippen LogP contribution in [0.2, 0.25) is 0 Å². The van der Waals surface area contributed by atoms with E-state index < -0.39 is 12.2 Å². The lowest BCUT2D eigenvalue weighted by atomic mass is 10.2. The number of aromatic nitrogens is 3. The molecule has 126 valence electrons. The number of aliphatic hydroxyl groups excluding tert-OH is 1. The number of carbonyl (C=O) groups excluding carboxylic acids is 1. The summed E-state index contributed by atoms with van der Waals surface area (Å²) in [5, 5.41) is 17.1. The molecule has 2 atom stereocenters. The zero-order valence-corrected chi connectivity index (χ0v) is 13.0. The highest BCUT2D eigenvalue weighted by atomic mass is 16.6. The predicted molar refractivity (Wildman–Crippen MR) is 83.0 cm³/mol. The molecule has 0 saturated carbocycles. The Labute approximate surface area is 138 Å². The van der Waals surface area contributed by atoms with E-state index >= 15 is 0 Å². The van der Waals surface area contributed by atoms with Gasteiger partial charge in [-0.25, -0.2) is 9.78 Å². The molecule has 8 nitrogen and oxygen atoms in total. The Morgan fingerprint density at radius 2 is 2.12 bits per heavy atom. The standard InChI is InChI=1S/C16H18N4O4/c21-11-6-13(20(7-11)16(22)24-12-8-23-9-12)15-17-14(18-19-15)10-4-2-1-3-5-10/h1-5,11-13,21H,6-9H2,(H,17,18,19)/t11-,13+/m1/s1. The number of carbonyl (C=O) groups is 1. The van der Waals surface area contributed by atoms with Gasteiger partial charge in [-0.05, 0) is 0 Å². The summed E-state index contributed by atoms with van der Waals surface area (Å²) in [6, 6.07) is 9.20. The van der Waals surface area contributed by atoms with Gasteiger partial charge in [-0.15, -0.1) is 0 Å². The van der Waals surface area contributed by atoms with Crippen molar-refractivity contribution >= 4 is 6.09 Å². The van der Waals surface area contributed by atoms with E-state index in [-0.39, 0.29) is 18.7 Å². The summed E-state index contributed by atoms with van der Waals surface area (Å²) in [4.78, 5) is 18.3. The Kier molecular flexibility index (Phi) is 3.91. The van der Waals surface area contributed by atoms with Crippen LogP contribution in [0.3, 0.4) is 0 Å². The summed E-state index contributed by atoms with van der Waals surface area (Å²) in [6.07, 6.45) is -0.863. The third-order valence-corrected chi connectivity index (χ3v) is 4.24. The molecule has 2 N–H and O–H groups in total. The molecule has 3 heterocycles. The van der Waals surface area contributed by atoms with Crippen LogP contribution in [-0.2, 0) is 9.47 Å². The van der Waals surface area contributed by atoms with E-state index in [9.17, 15) is 9.90 Å². The van der Waals surface area contributed by atoms with Crippen molar-refractivity contribution in [3.05, 3.63) is 36.2 Å². The van der Waals surface area contributed by atoms with Crippen molar-refractivity contribution < 1.29 is 19.4 Å². The first-order valence-corrected chi connectivity index (χ1v) is 7.91. The van der Waals surface area contributed by atoms with E-state index in [1.807, 2.05) is 30.3 Å². The van der Waals surface area contributed by atoms with Gasteiger partial charge in [0.25, 0.3) is 0 Å². The van der Waals surface area contributed by atoms with Gasteiger partial charge in [0.1, 0.15) is 5.82 Å². The van der Waals surface area contributed by atoms with Crippen molar-refractivity contribution in [1.82, 2.24) is 20.1 Å². The summed E-state index contributed by atoms with van der Waals surface area (Å²) < 4.78 is 10.4. The maximum Gasteiger partial charge on any atom is 0.410 e. The first-order chi connectivity index (χ1) is 11.7. The number of likely N-dealkylation sites (tertiary alicyclic amines) is 1. The number of aliphatic hydroxyl groups is 1. The second-order valence-corrected chi connectivity index (χ2v) is 6.01. The van der Waals surface area contributed by atoms with Gasteiger partial charge >= 0.3 is 6.09 Å². The number of benzene rings is 1. The highest BCUT2D eigenvalue weighted by Gasteiger charge is 2.39. The topological polar surface area (TPSA) is 101 Å². The van der Waals surface area contributed by atoms with Crippen molar-refractivity contribution in [3.8, 4) is 11.4 Å². The molecule has 0 bridgehead atoms. The third-order valence-electron chi connectivity index (χ3n) is 4.24. The van der Waals surface area contributed by atoms with Crippen LogP contribution in [0.4, 0.5) is 4.79 Å². The van der Waals surface area contributed by atoms with Crippen molar-refractivity contribution in [1.29, 1.82) is 0 Å². The summed E-state index contributed by atoms with van der Waals surface area (Å²) in [5.41, 5.74) is 0.888. The number of nitrogens with zero attached hydrogens (tertiary/aromatic N) is 3. The molecule has 1 aromatic carbocycles. The van der Waals surface area contributed by atoms with Gasteiger partial charge < -0.3 is 14.6 Å². The van der Waals surface area contributed by atoms with Crippen molar-refractivity contribution in [2.75, 3.05) is 19.8 Å². The average molecular weight is 330 g/mol. The number of nitrogens with one attached hydrogen (secondary N) is 1. The molecule has 8 heteroatoms. The smallest absolute Gasteiger partial charge is 0.410 e.